The van der Waals surface area contributed by atoms with Crippen molar-refractivity contribution >= 4 is 23.2 Å². The fourth-order valence-electron chi connectivity index (χ4n) is 4.51. The first-order valence-electron chi connectivity index (χ1n) is 11.5. The maximum Gasteiger partial charge on any atom is 0.308 e. The highest BCUT2D eigenvalue weighted by Gasteiger charge is 2.28. The number of pyridine rings is 1. The second-order valence-electron chi connectivity index (χ2n) is 8.77. The number of rotatable bonds is 7. The lowest BCUT2D eigenvalue weighted by Crippen LogP contribution is -2.36. The number of esters is 1. The Kier molecular flexibility index (Phi) is 7.25. The number of anilines is 3. The Balaban J connectivity index is 1.36. The Morgan fingerprint density at radius 3 is 2.39 bits per heavy atom. The van der Waals surface area contributed by atoms with E-state index in [1.54, 1.807) is 0 Å². The molecule has 0 bridgehead atoms. The number of carbonyl (C=O) groups excluding carboxylic acids is 1. The molecule has 4 rings (SSSR count). The van der Waals surface area contributed by atoms with Crippen LogP contribution in [-0.2, 0) is 16.1 Å². The van der Waals surface area contributed by atoms with Gasteiger partial charge in [0.25, 0.3) is 0 Å². The van der Waals surface area contributed by atoms with Gasteiger partial charge in [-0.05, 0) is 62.6 Å². The number of hydrogen-bond donors (Lipinski definition) is 2. The Morgan fingerprint density at radius 2 is 1.73 bits per heavy atom. The minimum absolute atomic E-state index is 0.0615. The van der Waals surface area contributed by atoms with Crippen LogP contribution in [0.5, 0.6) is 0 Å². The lowest BCUT2D eigenvalue weighted by Gasteiger charge is -2.33. The highest BCUT2D eigenvalue weighted by atomic mass is 16.5. The molecule has 2 aromatic carbocycles. The molecular weight excluding hydrogens is 412 g/mol. The maximum absolute atomic E-state index is 11.8. The van der Waals surface area contributed by atoms with E-state index >= 15 is 0 Å². The lowest BCUT2D eigenvalue weighted by molar-refractivity contribution is -0.146. The second-order valence-corrected chi connectivity index (χ2v) is 8.77. The first-order valence-corrected chi connectivity index (χ1v) is 11.5. The molecule has 172 valence electrons. The van der Waals surface area contributed by atoms with Crippen molar-refractivity contribution in [2.75, 3.05) is 25.2 Å². The van der Waals surface area contributed by atoms with Crippen molar-refractivity contribution in [1.82, 2.24) is 9.88 Å². The van der Waals surface area contributed by atoms with Crippen molar-refractivity contribution in [3.63, 3.8) is 0 Å². The largest absolute Gasteiger partial charge is 0.469 e. The maximum atomic E-state index is 11.8. The Labute approximate surface area is 195 Å². The van der Waals surface area contributed by atoms with Crippen molar-refractivity contribution in [3.8, 4) is 11.3 Å². The SMILES string of the molecule is COC(=O)C1CCC(N(C)Cc2ccc(Nc3nc(-c4ccccc4)ccc3N)cc2)CC1. The monoisotopic (exact) mass is 444 g/mol. The predicted molar refractivity (Wildman–Crippen MR) is 133 cm³/mol. The van der Waals surface area contributed by atoms with Crippen molar-refractivity contribution in [3.05, 3.63) is 72.3 Å². The van der Waals surface area contributed by atoms with E-state index < -0.39 is 0 Å². The van der Waals surface area contributed by atoms with Crippen LogP contribution < -0.4 is 11.1 Å². The molecule has 33 heavy (non-hydrogen) atoms. The highest BCUT2D eigenvalue weighted by Crippen LogP contribution is 2.29. The molecule has 1 fully saturated rings. The molecule has 1 aliphatic rings. The topological polar surface area (TPSA) is 80.5 Å². The van der Waals surface area contributed by atoms with Gasteiger partial charge in [0, 0.05) is 23.8 Å². The van der Waals surface area contributed by atoms with Crippen LogP contribution in [0.1, 0.15) is 31.2 Å². The third-order valence-electron chi connectivity index (χ3n) is 6.50. The summed E-state index contributed by atoms with van der Waals surface area (Å²) in [6, 6.07) is 22.8. The number of nitrogen functional groups attached to an aromatic ring is 1. The summed E-state index contributed by atoms with van der Waals surface area (Å²) in [6.45, 7) is 0.873. The number of nitrogens with zero attached hydrogens (tertiary/aromatic N) is 2. The van der Waals surface area contributed by atoms with Crippen molar-refractivity contribution < 1.29 is 9.53 Å². The summed E-state index contributed by atoms with van der Waals surface area (Å²) in [5.41, 5.74) is 10.9. The standard InChI is InChI=1S/C27H32N4O2/c1-31(23-14-10-21(11-15-23)27(32)33-2)18-19-8-12-22(13-9-19)29-26-24(28)16-17-25(30-26)20-6-4-3-5-7-20/h3-9,12-13,16-17,21,23H,10-11,14-15,18,28H2,1-2H3,(H,29,30). The van der Waals surface area contributed by atoms with Crippen LogP contribution in [0.2, 0.25) is 0 Å². The summed E-state index contributed by atoms with van der Waals surface area (Å²) in [4.78, 5) is 18.9. The van der Waals surface area contributed by atoms with E-state index in [0.717, 1.165) is 49.2 Å². The zero-order valence-electron chi connectivity index (χ0n) is 19.3. The summed E-state index contributed by atoms with van der Waals surface area (Å²) in [6.07, 6.45) is 3.86. The Morgan fingerprint density at radius 1 is 1.03 bits per heavy atom. The van der Waals surface area contributed by atoms with Crippen LogP contribution >= 0.6 is 0 Å². The first-order chi connectivity index (χ1) is 16.0. The van der Waals surface area contributed by atoms with E-state index in [0.29, 0.717) is 17.5 Å². The van der Waals surface area contributed by atoms with Gasteiger partial charge in [-0.1, -0.05) is 42.5 Å². The molecule has 0 aliphatic heterocycles. The smallest absolute Gasteiger partial charge is 0.308 e. The second kappa shape index (κ2) is 10.5. The fraction of sp³-hybridized carbons (Fsp3) is 0.333. The highest BCUT2D eigenvalue weighted by molar-refractivity contribution is 5.73. The molecule has 0 unspecified atom stereocenters. The molecule has 6 nitrogen and oxygen atoms in total. The predicted octanol–water partition coefficient (Wildman–Crippen LogP) is 5.24. The van der Waals surface area contributed by atoms with E-state index in [1.165, 1.54) is 12.7 Å². The van der Waals surface area contributed by atoms with Crippen LogP contribution in [0.25, 0.3) is 11.3 Å². The quantitative estimate of drug-likeness (QED) is 0.485. The molecule has 0 radical (unpaired) electrons. The number of nitrogens with one attached hydrogen (secondary N) is 1. The van der Waals surface area contributed by atoms with Gasteiger partial charge in [-0.25, -0.2) is 4.98 Å². The fourth-order valence-corrected chi connectivity index (χ4v) is 4.51. The summed E-state index contributed by atoms with van der Waals surface area (Å²) in [5.74, 6) is 0.652. The molecule has 0 amide bonds. The Bertz CT molecular complexity index is 1060. The van der Waals surface area contributed by atoms with E-state index in [1.807, 2.05) is 42.5 Å². The molecule has 3 N–H and O–H groups in total. The zero-order chi connectivity index (χ0) is 23.2. The van der Waals surface area contributed by atoms with Gasteiger partial charge in [-0.3, -0.25) is 9.69 Å². The summed E-state index contributed by atoms with van der Waals surface area (Å²) in [5, 5.41) is 3.35. The number of ether oxygens (including phenoxy) is 1. The van der Waals surface area contributed by atoms with Gasteiger partial charge in [0.15, 0.2) is 5.82 Å². The van der Waals surface area contributed by atoms with Gasteiger partial charge in [-0.15, -0.1) is 0 Å². The molecule has 0 atom stereocenters. The number of nitrogens with two attached hydrogens (primary N) is 1. The summed E-state index contributed by atoms with van der Waals surface area (Å²) in [7, 11) is 3.64. The molecule has 0 spiro atoms. The number of methoxy groups -OCH3 is 1. The average Bonchev–Trinajstić information content (AvgIpc) is 2.86. The van der Waals surface area contributed by atoms with Crippen LogP contribution in [0.4, 0.5) is 17.2 Å². The normalized spacial score (nSPS) is 18.2. The molecule has 1 aromatic heterocycles. The van der Waals surface area contributed by atoms with E-state index in [-0.39, 0.29) is 11.9 Å². The van der Waals surface area contributed by atoms with Crippen molar-refractivity contribution in [2.24, 2.45) is 5.92 Å². The van der Waals surface area contributed by atoms with E-state index in [4.69, 9.17) is 15.5 Å². The molecular formula is C27H32N4O2. The number of carbonyl (C=O) groups is 1. The lowest BCUT2D eigenvalue weighted by atomic mass is 9.85. The first kappa shape index (κ1) is 22.8. The van der Waals surface area contributed by atoms with Crippen LogP contribution in [0.3, 0.4) is 0 Å². The van der Waals surface area contributed by atoms with Gasteiger partial charge in [0.05, 0.1) is 24.4 Å². The molecule has 0 saturated heterocycles. The number of hydrogen-bond acceptors (Lipinski definition) is 6. The molecule has 3 aromatic rings. The van der Waals surface area contributed by atoms with Crippen LogP contribution in [0.15, 0.2) is 66.7 Å². The number of aromatic nitrogens is 1. The third-order valence-corrected chi connectivity index (χ3v) is 6.50. The van der Waals surface area contributed by atoms with E-state index in [9.17, 15) is 4.79 Å². The third kappa shape index (κ3) is 5.71. The average molecular weight is 445 g/mol. The molecule has 1 saturated carbocycles. The molecule has 6 heteroatoms. The minimum atomic E-state index is -0.0661. The Hall–Kier alpha value is -3.38. The van der Waals surface area contributed by atoms with Gasteiger partial charge in [0.2, 0.25) is 0 Å². The van der Waals surface area contributed by atoms with Gasteiger partial charge >= 0.3 is 5.97 Å². The van der Waals surface area contributed by atoms with Crippen molar-refractivity contribution in [2.45, 2.75) is 38.3 Å². The summed E-state index contributed by atoms with van der Waals surface area (Å²) < 4.78 is 4.90. The van der Waals surface area contributed by atoms with Gasteiger partial charge in [-0.2, -0.15) is 0 Å². The van der Waals surface area contributed by atoms with E-state index in [2.05, 4.69) is 41.5 Å². The van der Waals surface area contributed by atoms with Gasteiger partial charge in [0.1, 0.15) is 0 Å². The zero-order valence-corrected chi connectivity index (χ0v) is 19.3. The summed E-state index contributed by atoms with van der Waals surface area (Å²) >= 11 is 0. The molecule has 1 aliphatic carbocycles. The van der Waals surface area contributed by atoms with Gasteiger partial charge < -0.3 is 15.8 Å². The molecule has 1 heterocycles. The van der Waals surface area contributed by atoms with Crippen molar-refractivity contribution in [1.29, 1.82) is 0 Å². The van der Waals surface area contributed by atoms with Crippen LogP contribution in [0, 0.1) is 5.92 Å². The number of benzene rings is 2. The van der Waals surface area contributed by atoms with Crippen LogP contribution in [-0.4, -0.2) is 36.1 Å². The minimum Gasteiger partial charge on any atom is -0.469 e.